The van der Waals surface area contributed by atoms with Gasteiger partial charge in [-0.15, -0.1) is 0 Å². The molecule has 1 aliphatic rings. The summed E-state index contributed by atoms with van der Waals surface area (Å²) >= 11 is 6.50. The quantitative estimate of drug-likeness (QED) is 0.401. The Balaban J connectivity index is 1.24. The predicted molar refractivity (Wildman–Crippen MR) is 136 cm³/mol. The first kappa shape index (κ1) is 23.3. The summed E-state index contributed by atoms with van der Waals surface area (Å²) in [6.07, 6.45) is 1.69. The zero-order valence-electron chi connectivity index (χ0n) is 19.8. The van der Waals surface area contributed by atoms with Gasteiger partial charge in [-0.05, 0) is 19.4 Å². The van der Waals surface area contributed by atoms with E-state index in [2.05, 4.69) is 32.0 Å². The highest BCUT2D eigenvalue weighted by Crippen LogP contribution is 2.27. The zero-order valence-corrected chi connectivity index (χ0v) is 20.5. The van der Waals surface area contributed by atoms with Crippen LogP contribution in [0.2, 0.25) is 5.02 Å². The lowest BCUT2D eigenvalue weighted by molar-refractivity contribution is 0.164. The maximum absolute atomic E-state index is 12.8. The van der Waals surface area contributed by atoms with E-state index >= 15 is 0 Å². The summed E-state index contributed by atoms with van der Waals surface area (Å²) in [4.78, 5) is 21.9. The van der Waals surface area contributed by atoms with E-state index in [-0.39, 0.29) is 16.6 Å². The summed E-state index contributed by atoms with van der Waals surface area (Å²) in [6.45, 7) is 7.48. The van der Waals surface area contributed by atoms with Crippen LogP contribution in [0.25, 0.3) is 11.4 Å². The molecule has 1 atom stereocenters. The second-order valence-electron chi connectivity index (χ2n) is 8.81. The first-order valence-electron chi connectivity index (χ1n) is 11.7. The number of aryl methyl sites for hydroxylation is 1. The molecule has 0 radical (unpaired) electrons. The van der Waals surface area contributed by atoms with Crippen LogP contribution in [0, 0.1) is 6.92 Å². The summed E-state index contributed by atoms with van der Waals surface area (Å²) in [7, 11) is 0. The fourth-order valence-corrected chi connectivity index (χ4v) is 4.54. The van der Waals surface area contributed by atoms with Crippen molar-refractivity contribution in [2.24, 2.45) is 0 Å². The van der Waals surface area contributed by atoms with E-state index < -0.39 is 0 Å². The third-order valence-corrected chi connectivity index (χ3v) is 6.81. The molecule has 180 valence electrons. The second kappa shape index (κ2) is 10.0. The topological polar surface area (TPSA) is 80.3 Å². The average Bonchev–Trinajstić information content (AvgIpc) is 3.38. The maximum atomic E-state index is 12.8. The molecule has 0 spiro atoms. The van der Waals surface area contributed by atoms with Crippen LogP contribution in [0.5, 0.6) is 0 Å². The lowest BCUT2D eigenvalue weighted by Crippen LogP contribution is -2.47. The van der Waals surface area contributed by atoms with Gasteiger partial charge >= 0.3 is 0 Å². The average molecular weight is 491 g/mol. The molecule has 3 heterocycles. The van der Waals surface area contributed by atoms with Gasteiger partial charge in [0.05, 0.1) is 24.5 Å². The standard InChI is InChI=1S/C26H27ClN6O2/c1-18-8-10-21(11-9-18)24-29-25(35-30-24)19(2)31-12-14-32(15-13-31)22-16-28-33(26(34)23(22)27)17-20-6-4-3-5-7-20/h3-11,16,19H,12-15,17H2,1-2H3. The van der Waals surface area contributed by atoms with Gasteiger partial charge in [0.15, 0.2) is 0 Å². The summed E-state index contributed by atoms with van der Waals surface area (Å²) < 4.78 is 6.98. The Morgan fingerprint density at radius 2 is 1.74 bits per heavy atom. The molecule has 2 aromatic heterocycles. The maximum Gasteiger partial charge on any atom is 0.287 e. The molecule has 9 heteroatoms. The van der Waals surface area contributed by atoms with Crippen molar-refractivity contribution in [3.63, 3.8) is 0 Å². The van der Waals surface area contributed by atoms with Crippen LogP contribution in [-0.2, 0) is 6.54 Å². The van der Waals surface area contributed by atoms with Crippen molar-refractivity contribution in [3.8, 4) is 11.4 Å². The van der Waals surface area contributed by atoms with Crippen LogP contribution in [0.3, 0.4) is 0 Å². The number of aromatic nitrogens is 4. The third kappa shape index (κ3) is 4.99. The minimum absolute atomic E-state index is 0.0173. The van der Waals surface area contributed by atoms with E-state index in [9.17, 15) is 4.79 Å². The van der Waals surface area contributed by atoms with E-state index in [4.69, 9.17) is 16.1 Å². The molecule has 0 bridgehead atoms. The van der Waals surface area contributed by atoms with Gasteiger partial charge in [0.2, 0.25) is 11.7 Å². The number of anilines is 1. The van der Waals surface area contributed by atoms with Crippen molar-refractivity contribution in [2.75, 3.05) is 31.1 Å². The Bertz CT molecular complexity index is 1340. The first-order valence-corrected chi connectivity index (χ1v) is 12.1. The number of hydrogen-bond donors (Lipinski definition) is 0. The highest BCUT2D eigenvalue weighted by Gasteiger charge is 2.27. The molecule has 0 aliphatic carbocycles. The molecule has 35 heavy (non-hydrogen) atoms. The van der Waals surface area contributed by atoms with Crippen molar-refractivity contribution in [1.29, 1.82) is 0 Å². The molecule has 8 nitrogen and oxygen atoms in total. The minimum atomic E-state index is -0.279. The van der Waals surface area contributed by atoms with Gasteiger partial charge in [-0.1, -0.05) is 76.9 Å². The molecule has 0 N–H and O–H groups in total. The molecule has 1 aliphatic heterocycles. The Labute approximate surface area is 208 Å². The largest absolute Gasteiger partial charge is 0.366 e. The molecule has 0 saturated carbocycles. The number of halogens is 1. The molecule has 2 aromatic carbocycles. The molecule has 5 rings (SSSR count). The van der Waals surface area contributed by atoms with Crippen molar-refractivity contribution in [3.05, 3.63) is 93.2 Å². The van der Waals surface area contributed by atoms with E-state index in [0.29, 0.717) is 37.0 Å². The Morgan fingerprint density at radius 3 is 2.46 bits per heavy atom. The Hall–Kier alpha value is -3.49. The number of hydrogen-bond acceptors (Lipinski definition) is 7. The van der Waals surface area contributed by atoms with Gasteiger partial charge in [0.25, 0.3) is 5.56 Å². The van der Waals surface area contributed by atoms with Crippen molar-refractivity contribution < 1.29 is 4.52 Å². The highest BCUT2D eigenvalue weighted by molar-refractivity contribution is 6.33. The van der Waals surface area contributed by atoms with Crippen LogP contribution >= 0.6 is 11.6 Å². The summed E-state index contributed by atoms with van der Waals surface area (Å²) in [6, 6.07) is 17.8. The van der Waals surface area contributed by atoms with Crippen LogP contribution < -0.4 is 10.5 Å². The van der Waals surface area contributed by atoms with Crippen molar-refractivity contribution in [1.82, 2.24) is 24.8 Å². The third-order valence-electron chi connectivity index (χ3n) is 6.45. The molecule has 0 amide bonds. The number of rotatable bonds is 6. The van der Waals surface area contributed by atoms with Gasteiger partial charge in [-0.2, -0.15) is 10.1 Å². The second-order valence-corrected chi connectivity index (χ2v) is 9.19. The predicted octanol–water partition coefficient (Wildman–Crippen LogP) is 4.19. The molecule has 1 unspecified atom stereocenters. The van der Waals surface area contributed by atoms with E-state index in [1.54, 1.807) is 6.20 Å². The number of benzene rings is 2. The lowest BCUT2D eigenvalue weighted by Gasteiger charge is -2.38. The molecular formula is C26H27ClN6O2. The van der Waals surface area contributed by atoms with Crippen molar-refractivity contribution in [2.45, 2.75) is 26.4 Å². The Morgan fingerprint density at radius 1 is 1.03 bits per heavy atom. The molecular weight excluding hydrogens is 464 g/mol. The van der Waals surface area contributed by atoms with E-state index in [1.807, 2.05) is 61.5 Å². The molecule has 1 fully saturated rings. The summed E-state index contributed by atoms with van der Waals surface area (Å²) in [5.41, 5.74) is 3.52. The first-order chi connectivity index (χ1) is 17.0. The Kier molecular flexibility index (Phi) is 6.66. The van der Waals surface area contributed by atoms with Gasteiger partial charge in [-0.25, -0.2) is 4.68 Å². The van der Waals surface area contributed by atoms with E-state index in [1.165, 1.54) is 10.2 Å². The fourth-order valence-electron chi connectivity index (χ4n) is 4.28. The summed E-state index contributed by atoms with van der Waals surface area (Å²) in [5.74, 6) is 1.19. The monoisotopic (exact) mass is 490 g/mol. The number of piperazine rings is 1. The zero-order chi connectivity index (χ0) is 24.4. The molecule has 4 aromatic rings. The smallest absolute Gasteiger partial charge is 0.287 e. The van der Waals surface area contributed by atoms with E-state index in [0.717, 1.165) is 24.2 Å². The van der Waals surface area contributed by atoms with Crippen LogP contribution in [-0.4, -0.2) is 51.0 Å². The van der Waals surface area contributed by atoms with Crippen LogP contribution in [0.4, 0.5) is 5.69 Å². The lowest BCUT2D eigenvalue weighted by atomic mass is 10.1. The number of nitrogens with zero attached hydrogens (tertiary/aromatic N) is 6. The van der Waals surface area contributed by atoms with Crippen LogP contribution in [0.1, 0.15) is 30.0 Å². The SMILES string of the molecule is Cc1ccc(-c2noc(C(C)N3CCN(c4cnn(Cc5ccccc5)c(=O)c4Cl)CC3)n2)cc1. The summed E-state index contributed by atoms with van der Waals surface area (Å²) in [5, 5.41) is 8.75. The van der Waals surface area contributed by atoms with Gasteiger partial charge < -0.3 is 9.42 Å². The van der Waals surface area contributed by atoms with Gasteiger partial charge in [-0.3, -0.25) is 9.69 Å². The molecule has 1 saturated heterocycles. The van der Waals surface area contributed by atoms with Crippen molar-refractivity contribution >= 4 is 17.3 Å². The van der Waals surface area contributed by atoms with Gasteiger partial charge in [0.1, 0.15) is 5.02 Å². The van der Waals surface area contributed by atoms with Crippen LogP contribution in [0.15, 0.2) is 70.1 Å². The normalized spacial score (nSPS) is 15.3. The fraction of sp³-hybridized carbons (Fsp3) is 0.308. The van der Waals surface area contributed by atoms with Gasteiger partial charge in [0, 0.05) is 31.7 Å². The minimum Gasteiger partial charge on any atom is -0.366 e. The highest BCUT2D eigenvalue weighted by atomic mass is 35.5.